The fraction of sp³-hybridized carbons (Fsp3) is 0.542. The van der Waals surface area contributed by atoms with Gasteiger partial charge in [-0.1, -0.05) is 12.2 Å². The van der Waals surface area contributed by atoms with Gasteiger partial charge in [0, 0.05) is 11.6 Å². The van der Waals surface area contributed by atoms with Gasteiger partial charge in [0.2, 0.25) is 0 Å². The number of nitrogens with zero attached hydrogens (tertiary/aromatic N) is 2. The van der Waals surface area contributed by atoms with Gasteiger partial charge in [-0.05, 0) is 69.9 Å². The molecule has 6 heteroatoms. The van der Waals surface area contributed by atoms with Crippen LogP contribution in [0.15, 0.2) is 35.5 Å². The largest absolute Gasteiger partial charge is 0.491 e. The standard InChI is InChI=1S/C24H28N2O4/c1-12(2)29-15-6-5-14(20(9-15)30-13(3)4)11-25-26-23(27)21-16-7-8-17(19-10-18(16)19)22(21)24(26)28/h5-9,11-13,16-19,21-22H,10H2,1-4H3/b25-11-/t16-,17-,18-,19+,21-,22+/m1/s1. The van der Waals surface area contributed by atoms with Crippen LogP contribution in [0.25, 0.3) is 0 Å². The van der Waals surface area contributed by atoms with Crippen molar-refractivity contribution in [2.75, 3.05) is 0 Å². The Kier molecular flexibility index (Phi) is 4.49. The lowest BCUT2D eigenvalue weighted by Crippen LogP contribution is -2.40. The number of allylic oxidation sites excluding steroid dienone is 2. The Morgan fingerprint density at radius 2 is 1.57 bits per heavy atom. The van der Waals surface area contributed by atoms with E-state index in [1.54, 1.807) is 6.21 Å². The highest BCUT2D eigenvalue weighted by atomic mass is 16.5. The molecule has 3 fully saturated rings. The average molecular weight is 408 g/mol. The minimum atomic E-state index is -0.235. The van der Waals surface area contributed by atoms with Crippen LogP contribution in [0.3, 0.4) is 0 Å². The Labute approximate surface area is 176 Å². The van der Waals surface area contributed by atoms with E-state index in [9.17, 15) is 9.59 Å². The van der Waals surface area contributed by atoms with Gasteiger partial charge in [0.25, 0.3) is 11.8 Å². The smallest absolute Gasteiger partial charge is 0.254 e. The maximum absolute atomic E-state index is 13.1. The van der Waals surface area contributed by atoms with E-state index in [1.165, 1.54) is 0 Å². The van der Waals surface area contributed by atoms with Crippen LogP contribution >= 0.6 is 0 Å². The van der Waals surface area contributed by atoms with Gasteiger partial charge in [0.05, 0.1) is 30.3 Å². The van der Waals surface area contributed by atoms with Crippen LogP contribution in [-0.2, 0) is 9.59 Å². The van der Waals surface area contributed by atoms with Gasteiger partial charge in [0.15, 0.2) is 0 Å². The first-order valence-corrected chi connectivity index (χ1v) is 10.9. The second-order valence-corrected chi connectivity index (χ2v) is 9.42. The van der Waals surface area contributed by atoms with Crippen molar-refractivity contribution < 1.29 is 19.1 Å². The number of rotatable bonds is 6. The number of hydrogen-bond acceptors (Lipinski definition) is 5. The minimum Gasteiger partial charge on any atom is -0.491 e. The predicted molar refractivity (Wildman–Crippen MR) is 112 cm³/mol. The Hall–Kier alpha value is -2.63. The summed E-state index contributed by atoms with van der Waals surface area (Å²) in [4.78, 5) is 26.1. The Balaban J connectivity index is 1.40. The van der Waals surface area contributed by atoms with Gasteiger partial charge < -0.3 is 9.47 Å². The Morgan fingerprint density at radius 1 is 0.967 bits per heavy atom. The van der Waals surface area contributed by atoms with E-state index in [1.807, 2.05) is 45.9 Å². The fourth-order valence-electron chi connectivity index (χ4n) is 5.50. The molecule has 1 saturated heterocycles. The number of hydrogen-bond donors (Lipinski definition) is 0. The van der Waals surface area contributed by atoms with Crippen molar-refractivity contribution in [1.82, 2.24) is 5.01 Å². The topological polar surface area (TPSA) is 68.2 Å². The van der Waals surface area contributed by atoms with Crippen molar-refractivity contribution in [2.24, 2.45) is 40.6 Å². The van der Waals surface area contributed by atoms with Crippen molar-refractivity contribution in [3.05, 3.63) is 35.9 Å². The summed E-state index contributed by atoms with van der Waals surface area (Å²) in [6.07, 6.45) is 7.06. The third kappa shape index (κ3) is 3.04. The summed E-state index contributed by atoms with van der Waals surface area (Å²) in [5.74, 6) is 2.12. The maximum atomic E-state index is 13.1. The summed E-state index contributed by atoms with van der Waals surface area (Å²) in [6.45, 7) is 7.83. The minimum absolute atomic E-state index is 0.0298. The van der Waals surface area contributed by atoms with Gasteiger partial charge in [-0.15, -0.1) is 0 Å². The monoisotopic (exact) mass is 408 g/mol. The normalized spacial score (nSPS) is 33.6. The number of carbonyl (C=O) groups is 2. The van der Waals surface area contributed by atoms with Crippen molar-refractivity contribution in [2.45, 2.75) is 46.3 Å². The summed E-state index contributed by atoms with van der Waals surface area (Å²) in [6, 6.07) is 5.52. The summed E-state index contributed by atoms with van der Waals surface area (Å²) in [7, 11) is 0. The highest BCUT2D eigenvalue weighted by Crippen LogP contribution is 2.65. The molecule has 1 aliphatic heterocycles. The predicted octanol–water partition coefficient (Wildman–Crippen LogP) is 3.65. The first kappa shape index (κ1) is 19.3. The van der Waals surface area contributed by atoms with E-state index in [0.29, 0.717) is 28.9 Å². The molecule has 0 spiro atoms. The molecule has 30 heavy (non-hydrogen) atoms. The molecular formula is C24H28N2O4. The molecule has 0 aromatic heterocycles. The number of amides is 2. The van der Waals surface area contributed by atoms with Crippen LogP contribution in [0, 0.1) is 35.5 Å². The van der Waals surface area contributed by atoms with E-state index < -0.39 is 0 Å². The van der Waals surface area contributed by atoms with Gasteiger partial charge in [0.1, 0.15) is 11.5 Å². The second-order valence-electron chi connectivity index (χ2n) is 9.42. The molecule has 2 bridgehead atoms. The molecular weight excluding hydrogens is 380 g/mol. The van der Waals surface area contributed by atoms with E-state index in [-0.39, 0.29) is 47.7 Å². The van der Waals surface area contributed by atoms with Gasteiger partial charge in [-0.25, -0.2) is 0 Å². The van der Waals surface area contributed by atoms with Gasteiger partial charge >= 0.3 is 0 Å². The van der Waals surface area contributed by atoms with Crippen LogP contribution in [0.4, 0.5) is 0 Å². The SMILES string of the molecule is CC(C)Oc1ccc(/C=N\N2C(=O)[C@@H]3[C@@H]4C=C[C@H]([C@@H]5C[C@H]45)[C@@H]3C2=O)c(OC(C)C)c1. The third-order valence-electron chi connectivity index (χ3n) is 6.67. The van der Waals surface area contributed by atoms with Crippen molar-refractivity contribution in [3.8, 4) is 11.5 Å². The van der Waals surface area contributed by atoms with Crippen molar-refractivity contribution in [3.63, 3.8) is 0 Å². The van der Waals surface area contributed by atoms with E-state index >= 15 is 0 Å². The maximum Gasteiger partial charge on any atom is 0.254 e. The number of carbonyl (C=O) groups excluding carboxylic acids is 2. The van der Waals surface area contributed by atoms with Crippen molar-refractivity contribution >= 4 is 18.0 Å². The molecule has 2 saturated carbocycles. The third-order valence-corrected chi connectivity index (χ3v) is 6.67. The van der Waals surface area contributed by atoms with E-state index in [2.05, 4.69) is 17.3 Å². The molecule has 1 aromatic carbocycles. The Morgan fingerprint density at radius 3 is 2.13 bits per heavy atom. The molecule has 1 heterocycles. The molecule has 6 rings (SSSR count). The number of imide groups is 1. The van der Waals surface area contributed by atoms with E-state index in [0.717, 1.165) is 11.4 Å². The number of hydrazone groups is 1. The van der Waals surface area contributed by atoms with Crippen LogP contribution < -0.4 is 9.47 Å². The fourth-order valence-corrected chi connectivity index (χ4v) is 5.50. The zero-order valence-electron chi connectivity index (χ0n) is 17.8. The zero-order chi connectivity index (χ0) is 21.2. The van der Waals surface area contributed by atoms with E-state index in [4.69, 9.17) is 9.47 Å². The molecule has 1 aromatic rings. The average Bonchev–Trinajstić information content (AvgIpc) is 3.46. The molecule has 6 nitrogen and oxygen atoms in total. The van der Waals surface area contributed by atoms with Crippen LogP contribution in [-0.4, -0.2) is 35.2 Å². The first-order chi connectivity index (χ1) is 14.3. The van der Waals surface area contributed by atoms with Crippen LogP contribution in [0.5, 0.6) is 11.5 Å². The lowest BCUT2D eigenvalue weighted by atomic mass is 9.63. The first-order valence-electron chi connectivity index (χ1n) is 10.9. The molecule has 2 amide bonds. The number of ether oxygens (including phenoxy) is 2. The molecule has 158 valence electrons. The quantitative estimate of drug-likeness (QED) is 0.409. The Bertz CT molecular complexity index is 915. The van der Waals surface area contributed by atoms with Crippen LogP contribution in [0.2, 0.25) is 0 Å². The molecule has 0 radical (unpaired) electrons. The lowest BCUT2D eigenvalue weighted by molar-refractivity contribution is -0.140. The molecule has 0 unspecified atom stereocenters. The zero-order valence-corrected chi connectivity index (χ0v) is 17.8. The lowest BCUT2D eigenvalue weighted by Gasteiger charge is -2.37. The second kappa shape index (κ2) is 6.96. The van der Waals surface area contributed by atoms with Gasteiger partial charge in [-0.3, -0.25) is 9.59 Å². The van der Waals surface area contributed by atoms with Crippen LogP contribution in [0.1, 0.15) is 39.7 Å². The summed E-state index contributed by atoms with van der Waals surface area (Å²) >= 11 is 0. The highest BCUT2D eigenvalue weighted by Gasteiger charge is 2.67. The summed E-state index contributed by atoms with van der Waals surface area (Å²) < 4.78 is 11.7. The molecule has 0 N–H and O–H groups in total. The molecule has 4 aliphatic carbocycles. The van der Waals surface area contributed by atoms with Gasteiger partial charge in [-0.2, -0.15) is 10.1 Å². The molecule has 6 atom stereocenters. The molecule has 5 aliphatic rings. The number of benzene rings is 1. The highest BCUT2D eigenvalue weighted by molar-refractivity contribution is 6.06. The summed E-state index contributed by atoms with van der Waals surface area (Å²) in [5.41, 5.74) is 0.708. The summed E-state index contributed by atoms with van der Waals surface area (Å²) in [5, 5.41) is 5.44. The van der Waals surface area contributed by atoms with Crippen molar-refractivity contribution in [1.29, 1.82) is 0 Å².